The van der Waals surface area contributed by atoms with Crippen LogP contribution in [0, 0.1) is 0 Å². The molecule has 0 spiro atoms. The zero-order chi connectivity index (χ0) is 61.7. The van der Waals surface area contributed by atoms with Gasteiger partial charge in [-0.05, 0) is 118 Å². The van der Waals surface area contributed by atoms with Crippen LogP contribution in [-0.4, -0.2) is 99.5 Å². The molecule has 8 unspecified atom stereocenters. The Hall–Kier alpha value is -10.5. The third kappa shape index (κ3) is 11.7. The summed E-state index contributed by atoms with van der Waals surface area (Å²) in [7, 11) is 0. The molecule has 5 heterocycles. The molecule has 0 saturated heterocycles. The number of phenols is 6. The van der Waals surface area contributed by atoms with Gasteiger partial charge in [-0.15, -0.1) is 0 Å². The second kappa shape index (κ2) is 23.3. The first-order valence-electron chi connectivity index (χ1n) is 25.5. The molecule has 5 amide bonds. The van der Waals surface area contributed by atoms with Crippen molar-refractivity contribution in [3.05, 3.63) is 164 Å². The predicted octanol–water partition coefficient (Wildman–Crippen LogP) is 4.90. The Morgan fingerprint density at radius 3 is 1.72 bits per heavy atom. The molecule has 8 atom stereocenters. The van der Waals surface area contributed by atoms with E-state index in [9.17, 15) is 65.1 Å². The van der Waals surface area contributed by atoms with Crippen molar-refractivity contribution in [2.24, 2.45) is 11.5 Å². The number of benzene rings is 7. The minimum atomic E-state index is -2.28. The molecule has 442 valence electrons. The molecule has 86 heavy (non-hydrogen) atoms. The Kier molecular flexibility index (Phi) is 15.9. The molecular weight excluding hydrogens is 1170 g/mol. The number of carboxylic acid groups (broad SMARTS) is 2. The first-order chi connectivity index (χ1) is 40.8. The van der Waals surface area contributed by atoms with Crippen molar-refractivity contribution in [3.63, 3.8) is 0 Å². The number of hydrogen-bond acceptors (Lipinski definition) is 19. The van der Waals surface area contributed by atoms with Crippen LogP contribution in [0.3, 0.4) is 0 Å². The van der Waals surface area contributed by atoms with Crippen LogP contribution >= 0.6 is 23.2 Å². The fraction of sp³-hybridized carbons (Fsp3) is 0.155. The van der Waals surface area contributed by atoms with E-state index >= 15 is 14.4 Å². The van der Waals surface area contributed by atoms with Crippen LogP contribution in [0.5, 0.6) is 69.0 Å². The molecule has 7 aromatic rings. The van der Waals surface area contributed by atoms with Crippen molar-refractivity contribution < 1.29 is 93.7 Å². The second-order valence-corrected chi connectivity index (χ2v) is 20.8. The molecule has 12 rings (SSSR count). The molecule has 5 aliphatic heterocycles. The number of ether oxygens (including phenoxy) is 3. The molecule has 13 bridgehead atoms. The van der Waals surface area contributed by atoms with Gasteiger partial charge in [-0.1, -0.05) is 47.5 Å². The van der Waals surface area contributed by atoms with Gasteiger partial charge >= 0.3 is 11.9 Å². The van der Waals surface area contributed by atoms with Crippen LogP contribution in [-0.2, 0) is 40.0 Å². The number of carbonyl (C=O) groups excluding carboxylic acids is 5. The number of rotatable bonds is 5. The van der Waals surface area contributed by atoms with Gasteiger partial charge in [0.15, 0.2) is 29.0 Å². The van der Waals surface area contributed by atoms with Gasteiger partial charge in [0, 0.05) is 29.7 Å². The molecule has 28 heteroatoms. The summed E-state index contributed by atoms with van der Waals surface area (Å²) in [6.45, 7) is 0. The van der Waals surface area contributed by atoms with Crippen LogP contribution < -0.4 is 52.3 Å². The third-order valence-electron chi connectivity index (χ3n) is 14.2. The second-order valence-electron chi connectivity index (χ2n) is 20.0. The van der Waals surface area contributed by atoms with E-state index in [1.54, 1.807) is 0 Å². The van der Waals surface area contributed by atoms with E-state index in [1.165, 1.54) is 48.5 Å². The van der Waals surface area contributed by atoms with E-state index in [0.717, 1.165) is 66.7 Å². The van der Waals surface area contributed by atoms with Gasteiger partial charge in [-0.2, -0.15) is 0 Å². The van der Waals surface area contributed by atoms with E-state index in [2.05, 4.69) is 26.6 Å². The highest BCUT2D eigenvalue weighted by Crippen LogP contribution is 2.48. The Morgan fingerprint density at radius 1 is 0.523 bits per heavy atom. The van der Waals surface area contributed by atoms with Crippen molar-refractivity contribution in [2.75, 3.05) is 0 Å². The standard InChI is InChI=1S/C58H47Cl2N7O19/c59-32-9-21-1-7-38(32)85-41-16-26-17-42(51(41)74)86-39-8-4-24(14-33(39)60)50(73)49(58(82)83)67-54(77)46(23-3-5-35(70)30(13-23)43-31(45(62)57(80)81)19-28(69)20-37(43)72)65-56(79)48(26)66-55(78)47-25-11-27(68)18-29(12-25)84-40-15-22(2-6-36(40)71)44(61)53(76)63-34(10-21)52(75)64-47/h1-9,11-20,34,44-50,68-74H,10,61-62H2,(H,63,76)(H,64,75)(H,65,79)(H,66,78)(H,67,77)(H,80,81)(H,82,83). The zero-order valence-corrected chi connectivity index (χ0v) is 45.3. The first kappa shape index (κ1) is 58.7. The number of aliphatic hydroxyl groups excluding tert-OH is 1. The summed E-state index contributed by atoms with van der Waals surface area (Å²) in [5.74, 6) is -15.8. The lowest BCUT2D eigenvalue weighted by Gasteiger charge is -2.29. The maximum absolute atomic E-state index is 15.7. The van der Waals surface area contributed by atoms with Crippen LogP contribution in [0.15, 0.2) is 115 Å². The van der Waals surface area contributed by atoms with Gasteiger partial charge < -0.3 is 98.2 Å². The van der Waals surface area contributed by atoms with Gasteiger partial charge in [0.2, 0.25) is 35.3 Å². The number of fused-ring (bicyclic) bond motifs is 15. The molecule has 0 saturated carbocycles. The Balaban J connectivity index is 1.20. The van der Waals surface area contributed by atoms with E-state index in [-0.39, 0.29) is 61.7 Å². The minimum absolute atomic E-state index is 0.104. The topological polar surface area (TPSA) is 441 Å². The van der Waals surface area contributed by atoms with Gasteiger partial charge in [0.1, 0.15) is 82.6 Å². The van der Waals surface area contributed by atoms with Crippen LogP contribution in [0.2, 0.25) is 10.0 Å². The summed E-state index contributed by atoms with van der Waals surface area (Å²) in [4.78, 5) is 100. The van der Waals surface area contributed by atoms with Gasteiger partial charge in [0.05, 0.1) is 10.0 Å². The fourth-order valence-corrected chi connectivity index (χ4v) is 10.3. The molecular formula is C58H47Cl2N7O19. The fourth-order valence-electron chi connectivity index (χ4n) is 9.86. The molecule has 0 aromatic heterocycles. The third-order valence-corrected chi connectivity index (χ3v) is 14.8. The smallest absolute Gasteiger partial charge is 0.329 e. The van der Waals surface area contributed by atoms with Gasteiger partial charge in [-0.3, -0.25) is 28.8 Å². The summed E-state index contributed by atoms with van der Waals surface area (Å²) in [6.07, 6.45) is -2.50. The van der Waals surface area contributed by atoms with E-state index in [0.29, 0.717) is 5.56 Å². The van der Waals surface area contributed by atoms with E-state index in [4.69, 9.17) is 48.9 Å². The molecule has 18 N–H and O–H groups in total. The summed E-state index contributed by atoms with van der Waals surface area (Å²) in [5, 5.41) is 111. The van der Waals surface area contributed by atoms with Crippen molar-refractivity contribution in [3.8, 4) is 80.1 Å². The van der Waals surface area contributed by atoms with Crippen LogP contribution in [0.4, 0.5) is 0 Å². The van der Waals surface area contributed by atoms with Crippen molar-refractivity contribution in [1.82, 2.24) is 26.6 Å². The first-order valence-corrected chi connectivity index (χ1v) is 26.3. The quantitative estimate of drug-likeness (QED) is 0.109. The number of aliphatic hydroxyl groups is 1. The summed E-state index contributed by atoms with van der Waals surface area (Å²) in [5.41, 5.74) is 10.1. The predicted molar refractivity (Wildman–Crippen MR) is 299 cm³/mol. The molecule has 26 nitrogen and oxygen atoms in total. The van der Waals surface area contributed by atoms with Crippen molar-refractivity contribution in [1.29, 1.82) is 0 Å². The monoisotopic (exact) mass is 1220 g/mol. The Bertz CT molecular complexity index is 4020. The SMILES string of the molecule is NC1C(=O)NC2Cc3ccc(c(Cl)c3)Oc3cc4cc(c3O)Oc3ccc(cc3Cl)C(O)C(C(=O)O)NC(=O)C(c3ccc(O)c(-c5c(O)cc(O)cc5C(N)C(=O)O)c3)NC(=O)C4NC(=O)C(NC2=O)c2cc(O)cc(c2)Oc2cc1ccc2O. The number of nitrogens with one attached hydrogen (secondary N) is 5. The lowest BCUT2D eigenvalue weighted by molar-refractivity contribution is -0.146. The number of aromatic hydroxyl groups is 6. The summed E-state index contributed by atoms with van der Waals surface area (Å²) < 4.78 is 18.3. The molecule has 0 radical (unpaired) electrons. The average molecular weight is 1220 g/mol. The maximum atomic E-state index is 15.7. The van der Waals surface area contributed by atoms with Crippen LogP contribution in [0.1, 0.15) is 75.3 Å². The number of hydrogen-bond donors (Lipinski definition) is 16. The van der Waals surface area contributed by atoms with Crippen molar-refractivity contribution in [2.45, 2.75) is 54.8 Å². The highest BCUT2D eigenvalue weighted by Gasteiger charge is 2.39. The number of carbonyl (C=O) groups is 7. The van der Waals surface area contributed by atoms with Gasteiger partial charge in [0.25, 0.3) is 0 Å². The maximum Gasteiger partial charge on any atom is 0.329 e. The largest absolute Gasteiger partial charge is 0.508 e. The number of phenolic OH excluding ortho intramolecular Hbond substituents is 6. The zero-order valence-electron chi connectivity index (χ0n) is 43.8. The number of amides is 5. The molecule has 7 aromatic carbocycles. The Labute approximate surface area is 493 Å². The average Bonchev–Trinajstić information content (AvgIpc) is 1.09. The van der Waals surface area contributed by atoms with Gasteiger partial charge in [-0.25, -0.2) is 4.79 Å². The lowest BCUT2D eigenvalue weighted by Crippen LogP contribution is -2.54. The van der Waals surface area contributed by atoms with E-state index in [1.807, 2.05) is 0 Å². The minimum Gasteiger partial charge on any atom is -0.508 e. The number of halogens is 2. The lowest BCUT2D eigenvalue weighted by atomic mass is 9.90. The van der Waals surface area contributed by atoms with Crippen LogP contribution in [0.25, 0.3) is 11.1 Å². The highest BCUT2D eigenvalue weighted by atomic mass is 35.5. The van der Waals surface area contributed by atoms with Crippen molar-refractivity contribution >= 4 is 64.7 Å². The summed E-state index contributed by atoms with van der Waals surface area (Å²) in [6, 6.07) is 7.34. The highest BCUT2D eigenvalue weighted by molar-refractivity contribution is 6.32. The number of carboxylic acids is 2. The molecule has 0 fully saturated rings. The van der Waals surface area contributed by atoms with E-state index < -0.39 is 158 Å². The molecule has 0 aliphatic carbocycles. The number of aliphatic carboxylic acids is 2. The Morgan fingerprint density at radius 2 is 1.08 bits per heavy atom. The molecule has 5 aliphatic rings. The normalized spacial score (nSPS) is 20.8. The summed E-state index contributed by atoms with van der Waals surface area (Å²) >= 11 is 13.5. The number of nitrogens with two attached hydrogens (primary N) is 2.